The quantitative estimate of drug-likeness (QED) is 0.645. The SMILES string of the molecule is NC(=S)c1ccnc(Nc2cc(Cl)c(Cl)cc2Cl)c1. The van der Waals surface area contributed by atoms with Crippen molar-refractivity contribution in [1.82, 2.24) is 4.98 Å². The Labute approximate surface area is 130 Å². The van der Waals surface area contributed by atoms with E-state index in [2.05, 4.69) is 10.3 Å². The molecule has 2 rings (SSSR count). The van der Waals surface area contributed by atoms with Gasteiger partial charge in [0.25, 0.3) is 0 Å². The third-order valence-electron chi connectivity index (χ3n) is 2.32. The van der Waals surface area contributed by atoms with Gasteiger partial charge in [-0.3, -0.25) is 0 Å². The Balaban J connectivity index is 2.33. The van der Waals surface area contributed by atoms with Crippen LogP contribution in [0.1, 0.15) is 5.56 Å². The first-order chi connectivity index (χ1) is 8.97. The molecular weight excluding hydrogens is 325 g/mol. The van der Waals surface area contributed by atoms with Gasteiger partial charge in [0, 0.05) is 11.8 Å². The number of hydrogen-bond acceptors (Lipinski definition) is 3. The van der Waals surface area contributed by atoms with Crippen molar-refractivity contribution in [1.29, 1.82) is 0 Å². The van der Waals surface area contributed by atoms with Crippen molar-refractivity contribution in [3.63, 3.8) is 0 Å². The molecule has 0 amide bonds. The summed E-state index contributed by atoms with van der Waals surface area (Å²) in [5.41, 5.74) is 6.87. The maximum absolute atomic E-state index is 6.07. The summed E-state index contributed by atoms with van der Waals surface area (Å²) in [5.74, 6) is 0.561. The Morgan fingerprint density at radius 3 is 2.47 bits per heavy atom. The molecule has 1 aromatic heterocycles. The fraction of sp³-hybridized carbons (Fsp3) is 0. The second-order valence-corrected chi connectivity index (χ2v) is 5.33. The van der Waals surface area contributed by atoms with Gasteiger partial charge in [-0.15, -0.1) is 0 Å². The highest BCUT2D eigenvalue weighted by Crippen LogP contribution is 2.33. The summed E-state index contributed by atoms with van der Waals surface area (Å²) in [6, 6.07) is 6.64. The normalized spacial score (nSPS) is 10.3. The summed E-state index contributed by atoms with van der Waals surface area (Å²) >= 11 is 22.8. The molecule has 0 fully saturated rings. The monoisotopic (exact) mass is 331 g/mol. The molecule has 0 aliphatic carbocycles. The van der Waals surface area contributed by atoms with Crippen molar-refractivity contribution in [2.75, 3.05) is 5.32 Å². The van der Waals surface area contributed by atoms with Crippen molar-refractivity contribution in [2.24, 2.45) is 5.73 Å². The molecule has 0 saturated heterocycles. The second-order valence-electron chi connectivity index (χ2n) is 3.67. The van der Waals surface area contributed by atoms with Gasteiger partial charge in [-0.2, -0.15) is 0 Å². The molecule has 98 valence electrons. The van der Waals surface area contributed by atoms with Gasteiger partial charge in [0.15, 0.2) is 0 Å². The van der Waals surface area contributed by atoms with Crippen LogP contribution in [0.5, 0.6) is 0 Å². The molecule has 0 aliphatic rings. The first kappa shape index (κ1) is 14.3. The van der Waals surface area contributed by atoms with Crippen LogP contribution in [0.3, 0.4) is 0 Å². The zero-order valence-corrected chi connectivity index (χ0v) is 12.5. The fourth-order valence-electron chi connectivity index (χ4n) is 1.41. The molecule has 0 saturated carbocycles. The number of rotatable bonds is 3. The number of aromatic nitrogens is 1. The van der Waals surface area contributed by atoms with E-state index in [-0.39, 0.29) is 0 Å². The number of nitrogens with one attached hydrogen (secondary N) is 1. The maximum atomic E-state index is 6.07. The van der Waals surface area contributed by atoms with Gasteiger partial charge in [0.05, 0.1) is 20.8 Å². The van der Waals surface area contributed by atoms with Crippen molar-refractivity contribution in [3.05, 3.63) is 51.1 Å². The summed E-state index contributed by atoms with van der Waals surface area (Å²) < 4.78 is 0. The predicted molar refractivity (Wildman–Crippen MR) is 84.9 cm³/mol. The van der Waals surface area contributed by atoms with Crippen molar-refractivity contribution in [2.45, 2.75) is 0 Å². The van der Waals surface area contributed by atoms with Crippen LogP contribution in [-0.2, 0) is 0 Å². The van der Waals surface area contributed by atoms with Crippen molar-refractivity contribution < 1.29 is 0 Å². The number of nitrogens with zero attached hydrogens (tertiary/aromatic N) is 1. The lowest BCUT2D eigenvalue weighted by Crippen LogP contribution is -2.09. The van der Waals surface area contributed by atoms with Gasteiger partial charge in [-0.1, -0.05) is 47.0 Å². The molecule has 0 aliphatic heterocycles. The predicted octanol–water partition coefficient (Wildman–Crippen LogP) is 4.42. The highest BCUT2D eigenvalue weighted by molar-refractivity contribution is 7.80. The Morgan fingerprint density at radius 1 is 1.11 bits per heavy atom. The first-order valence-corrected chi connectivity index (χ1v) is 6.69. The molecule has 19 heavy (non-hydrogen) atoms. The molecule has 0 spiro atoms. The number of thiocarbonyl (C=S) groups is 1. The molecule has 3 N–H and O–H groups in total. The average molecular weight is 333 g/mol. The molecule has 3 nitrogen and oxygen atoms in total. The largest absolute Gasteiger partial charge is 0.389 e. The Bertz CT molecular complexity index is 646. The van der Waals surface area contributed by atoms with E-state index in [0.29, 0.717) is 37.1 Å². The minimum absolute atomic E-state index is 0.297. The second kappa shape index (κ2) is 5.92. The van der Waals surface area contributed by atoms with Crippen LogP contribution in [0, 0.1) is 0 Å². The molecule has 1 aromatic carbocycles. The lowest BCUT2D eigenvalue weighted by atomic mass is 10.2. The zero-order valence-electron chi connectivity index (χ0n) is 9.45. The van der Waals surface area contributed by atoms with Crippen LogP contribution in [0.15, 0.2) is 30.5 Å². The van der Waals surface area contributed by atoms with Crippen LogP contribution in [0.4, 0.5) is 11.5 Å². The molecule has 0 radical (unpaired) electrons. The van der Waals surface area contributed by atoms with E-state index in [0.717, 1.165) is 0 Å². The van der Waals surface area contributed by atoms with Gasteiger partial charge in [-0.05, 0) is 24.3 Å². The number of benzene rings is 1. The van der Waals surface area contributed by atoms with Gasteiger partial charge in [-0.25, -0.2) is 4.98 Å². The van der Waals surface area contributed by atoms with E-state index in [9.17, 15) is 0 Å². The Morgan fingerprint density at radius 2 is 1.79 bits per heavy atom. The van der Waals surface area contributed by atoms with Gasteiger partial charge < -0.3 is 11.1 Å². The maximum Gasteiger partial charge on any atom is 0.131 e. The van der Waals surface area contributed by atoms with E-state index < -0.39 is 0 Å². The molecule has 0 atom stereocenters. The van der Waals surface area contributed by atoms with Crippen LogP contribution in [0.25, 0.3) is 0 Å². The number of anilines is 2. The highest BCUT2D eigenvalue weighted by Gasteiger charge is 2.07. The van der Waals surface area contributed by atoms with E-state index >= 15 is 0 Å². The fourth-order valence-corrected chi connectivity index (χ4v) is 2.13. The molecule has 0 unspecified atom stereocenters. The minimum Gasteiger partial charge on any atom is -0.389 e. The topological polar surface area (TPSA) is 50.9 Å². The lowest BCUT2D eigenvalue weighted by Gasteiger charge is -2.10. The Hall–Kier alpha value is -1.07. The van der Waals surface area contributed by atoms with Crippen LogP contribution >= 0.6 is 47.0 Å². The number of pyridine rings is 1. The van der Waals surface area contributed by atoms with E-state index in [1.54, 1.807) is 30.5 Å². The Kier molecular flexibility index (Phi) is 4.47. The molecule has 1 heterocycles. The smallest absolute Gasteiger partial charge is 0.131 e. The van der Waals surface area contributed by atoms with E-state index in [4.69, 9.17) is 52.8 Å². The van der Waals surface area contributed by atoms with E-state index in [1.807, 2.05) is 0 Å². The molecular formula is C12H8Cl3N3S. The first-order valence-electron chi connectivity index (χ1n) is 5.15. The summed E-state index contributed by atoms with van der Waals surface area (Å²) in [6.45, 7) is 0. The minimum atomic E-state index is 0.297. The third-order valence-corrected chi connectivity index (χ3v) is 3.59. The van der Waals surface area contributed by atoms with Gasteiger partial charge in [0.1, 0.15) is 10.8 Å². The highest BCUT2D eigenvalue weighted by atomic mass is 35.5. The van der Waals surface area contributed by atoms with Crippen LogP contribution < -0.4 is 11.1 Å². The number of nitrogens with two attached hydrogens (primary N) is 1. The van der Waals surface area contributed by atoms with Crippen molar-refractivity contribution >= 4 is 63.5 Å². The number of hydrogen-bond donors (Lipinski definition) is 2. The van der Waals surface area contributed by atoms with Crippen LogP contribution in [-0.4, -0.2) is 9.97 Å². The number of halogens is 3. The summed E-state index contributed by atoms with van der Waals surface area (Å²) in [6.07, 6.45) is 1.60. The standard InChI is InChI=1S/C12H8Cl3N3S/c13-7-4-9(15)10(5-8(7)14)18-11-3-6(12(16)19)1-2-17-11/h1-5H,(H2,16,19)(H,17,18). The van der Waals surface area contributed by atoms with Gasteiger partial charge in [0.2, 0.25) is 0 Å². The molecule has 7 heteroatoms. The van der Waals surface area contributed by atoms with E-state index in [1.165, 1.54) is 0 Å². The average Bonchev–Trinajstić information content (AvgIpc) is 2.36. The zero-order chi connectivity index (χ0) is 14.0. The van der Waals surface area contributed by atoms with Gasteiger partial charge >= 0.3 is 0 Å². The summed E-state index contributed by atoms with van der Waals surface area (Å²) in [4.78, 5) is 4.45. The third kappa shape index (κ3) is 3.48. The summed E-state index contributed by atoms with van der Waals surface area (Å²) in [5, 5.41) is 4.27. The lowest BCUT2D eigenvalue weighted by molar-refractivity contribution is 1.30. The van der Waals surface area contributed by atoms with Crippen LogP contribution in [0.2, 0.25) is 15.1 Å². The summed E-state index contributed by atoms with van der Waals surface area (Å²) in [7, 11) is 0. The molecule has 2 aromatic rings. The molecule has 0 bridgehead atoms. The van der Waals surface area contributed by atoms with Crippen molar-refractivity contribution in [3.8, 4) is 0 Å².